The molecule has 3 heteroatoms. The van der Waals surface area contributed by atoms with Gasteiger partial charge in [0.05, 0.1) is 5.01 Å². The third kappa shape index (κ3) is 2.71. The zero-order valence-corrected chi connectivity index (χ0v) is 11.8. The Morgan fingerprint density at radius 2 is 2.06 bits per heavy atom. The second-order valence-corrected chi connectivity index (χ2v) is 6.08. The van der Waals surface area contributed by atoms with Gasteiger partial charge in [-0.25, -0.2) is 4.98 Å². The van der Waals surface area contributed by atoms with Gasteiger partial charge >= 0.3 is 0 Å². The van der Waals surface area contributed by atoms with Gasteiger partial charge in [0.25, 0.3) is 0 Å². The lowest BCUT2D eigenvalue weighted by atomic mass is 10.2. The van der Waals surface area contributed by atoms with Gasteiger partial charge in [0, 0.05) is 22.0 Å². The molecule has 0 spiro atoms. The third-order valence-electron chi connectivity index (χ3n) is 2.44. The van der Waals surface area contributed by atoms with Crippen LogP contribution in [0.3, 0.4) is 0 Å². The van der Waals surface area contributed by atoms with Gasteiger partial charge < -0.3 is 0 Å². The molecule has 1 heterocycles. The fourth-order valence-electron chi connectivity index (χ4n) is 1.48. The van der Waals surface area contributed by atoms with Crippen LogP contribution >= 0.6 is 27.3 Å². The van der Waals surface area contributed by atoms with E-state index in [1.807, 2.05) is 23.6 Å². The van der Waals surface area contributed by atoms with E-state index in [0.717, 1.165) is 10.9 Å². The predicted octanol–water partition coefficient (Wildman–Crippen LogP) is 4.62. The van der Waals surface area contributed by atoms with E-state index in [1.165, 1.54) is 15.4 Å². The average molecular weight is 296 g/mol. The van der Waals surface area contributed by atoms with E-state index in [9.17, 15) is 0 Å². The molecule has 2 rings (SSSR count). The second-order valence-electron chi connectivity index (χ2n) is 4.08. The lowest BCUT2D eigenvalue weighted by molar-refractivity contribution is 0.885. The molecule has 0 aliphatic heterocycles. The van der Waals surface area contributed by atoms with E-state index in [-0.39, 0.29) is 0 Å². The molecule has 0 fully saturated rings. The van der Waals surface area contributed by atoms with E-state index in [4.69, 9.17) is 0 Å². The Morgan fingerprint density at radius 3 is 2.69 bits per heavy atom. The van der Waals surface area contributed by atoms with Crippen molar-refractivity contribution in [3.8, 4) is 0 Å². The van der Waals surface area contributed by atoms with Crippen LogP contribution in [0, 0.1) is 0 Å². The minimum absolute atomic E-state index is 0.575. The molecular formula is C13H14BrNS. The van der Waals surface area contributed by atoms with Gasteiger partial charge in [-0.05, 0) is 17.5 Å². The van der Waals surface area contributed by atoms with Crippen molar-refractivity contribution < 1.29 is 0 Å². The number of nitrogens with zero attached hydrogens (tertiary/aromatic N) is 1. The zero-order valence-electron chi connectivity index (χ0n) is 9.40. The van der Waals surface area contributed by atoms with E-state index in [2.05, 4.69) is 53.0 Å². The Bertz CT molecular complexity index is 476. The van der Waals surface area contributed by atoms with Crippen LogP contribution in [0.25, 0.3) is 0 Å². The Labute approximate surface area is 109 Å². The molecule has 1 aromatic carbocycles. The fourth-order valence-corrected chi connectivity index (χ4v) is 2.85. The number of hydrogen-bond donors (Lipinski definition) is 0. The molecular weight excluding hydrogens is 282 g/mol. The summed E-state index contributed by atoms with van der Waals surface area (Å²) in [5, 5.41) is 1.19. The first kappa shape index (κ1) is 11.8. The van der Waals surface area contributed by atoms with Crippen LogP contribution in [-0.4, -0.2) is 4.98 Å². The number of aromatic nitrogens is 1. The highest BCUT2D eigenvalue weighted by molar-refractivity contribution is 9.10. The molecule has 0 radical (unpaired) electrons. The number of thiazole rings is 1. The summed E-state index contributed by atoms with van der Waals surface area (Å²) >= 11 is 5.38. The molecule has 0 saturated carbocycles. The van der Waals surface area contributed by atoms with Crippen LogP contribution in [0.1, 0.15) is 35.2 Å². The molecule has 0 bridgehead atoms. The van der Waals surface area contributed by atoms with Gasteiger partial charge in [0.15, 0.2) is 0 Å². The molecule has 1 nitrogen and oxygen atoms in total. The molecule has 0 amide bonds. The summed E-state index contributed by atoms with van der Waals surface area (Å²) in [6, 6.07) is 8.32. The van der Waals surface area contributed by atoms with Crippen molar-refractivity contribution in [3.63, 3.8) is 0 Å². The average Bonchev–Trinajstić information content (AvgIpc) is 2.70. The Balaban J connectivity index is 2.18. The summed E-state index contributed by atoms with van der Waals surface area (Å²) in [6.45, 7) is 4.41. The summed E-state index contributed by atoms with van der Waals surface area (Å²) in [5.74, 6) is 0.575. The summed E-state index contributed by atoms with van der Waals surface area (Å²) in [7, 11) is 0. The maximum absolute atomic E-state index is 4.47. The first-order valence-corrected chi connectivity index (χ1v) is 6.96. The smallest absolute Gasteiger partial charge is 0.0972 e. The molecule has 0 saturated heterocycles. The van der Waals surface area contributed by atoms with Crippen molar-refractivity contribution in [2.75, 3.05) is 0 Å². The molecule has 0 aliphatic rings. The Kier molecular flexibility index (Phi) is 3.77. The molecule has 0 aliphatic carbocycles. The van der Waals surface area contributed by atoms with Crippen molar-refractivity contribution in [1.82, 2.24) is 4.98 Å². The normalized spacial score (nSPS) is 11.0. The number of benzene rings is 1. The number of rotatable bonds is 3. The van der Waals surface area contributed by atoms with Crippen LogP contribution < -0.4 is 0 Å². The zero-order chi connectivity index (χ0) is 11.5. The first-order valence-electron chi connectivity index (χ1n) is 5.35. The Hall–Kier alpha value is -0.670. The van der Waals surface area contributed by atoms with Gasteiger partial charge in [-0.1, -0.05) is 48.0 Å². The van der Waals surface area contributed by atoms with Crippen LogP contribution in [0.4, 0.5) is 0 Å². The van der Waals surface area contributed by atoms with Gasteiger partial charge in [-0.15, -0.1) is 11.3 Å². The lowest BCUT2D eigenvalue weighted by Crippen LogP contribution is -1.87. The van der Waals surface area contributed by atoms with Gasteiger partial charge in [0.2, 0.25) is 0 Å². The molecule has 0 atom stereocenters. The van der Waals surface area contributed by atoms with Gasteiger partial charge in [0.1, 0.15) is 0 Å². The summed E-state index contributed by atoms with van der Waals surface area (Å²) in [6.07, 6.45) is 2.92. The SMILES string of the molecule is CC(C)c1cnc(Cc2ccccc2Br)s1. The number of hydrogen-bond acceptors (Lipinski definition) is 2. The topological polar surface area (TPSA) is 12.9 Å². The third-order valence-corrected chi connectivity index (χ3v) is 4.51. The van der Waals surface area contributed by atoms with Gasteiger partial charge in [-0.2, -0.15) is 0 Å². The summed E-state index contributed by atoms with van der Waals surface area (Å²) < 4.78 is 1.16. The highest BCUT2D eigenvalue weighted by atomic mass is 79.9. The maximum atomic E-state index is 4.47. The quantitative estimate of drug-likeness (QED) is 0.805. The van der Waals surface area contributed by atoms with Crippen LogP contribution in [0.2, 0.25) is 0 Å². The largest absolute Gasteiger partial charge is 0.249 e. The maximum Gasteiger partial charge on any atom is 0.0972 e. The first-order chi connectivity index (χ1) is 7.66. The lowest BCUT2D eigenvalue weighted by Gasteiger charge is -2.01. The van der Waals surface area contributed by atoms with E-state index in [1.54, 1.807) is 0 Å². The Morgan fingerprint density at radius 1 is 1.31 bits per heavy atom. The van der Waals surface area contributed by atoms with Crippen molar-refractivity contribution in [2.24, 2.45) is 0 Å². The van der Waals surface area contributed by atoms with Crippen LogP contribution in [0.15, 0.2) is 34.9 Å². The molecule has 84 valence electrons. The highest BCUT2D eigenvalue weighted by Gasteiger charge is 2.07. The standard InChI is InChI=1S/C13H14BrNS/c1-9(2)12-8-15-13(16-12)7-10-5-3-4-6-11(10)14/h3-6,8-9H,7H2,1-2H3. The summed E-state index contributed by atoms with van der Waals surface area (Å²) in [4.78, 5) is 5.83. The minimum atomic E-state index is 0.575. The van der Waals surface area contributed by atoms with Gasteiger partial charge in [-0.3, -0.25) is 0 Å². The molecule has 1 aromatic heterocycles. The van der Waals surface area contributed by atoms with Crippen LogP contribution in [-0.2, 0) is 6.42 Å². The molecule has 0 N–H and O–H groups in total. The molecule has 0 unspecified atom stereocenters. The second kappa shape index (κ2) is 5.11. The predicted molar refractivity (Wildman–Crippen MR) is 73.2 cm³/mol. The minimum Gasteiger partial charge on any atom is -0.249 e. The van der Waals surface area contributed by atoms with Crippen molar-refractivity contribution >= 4 is 27.3 Å². The number of halogens is 1. The van der Waals surface area contributed by atoms with Crippen molar-refractivity contribution in [1.29, 1.82) is 0 Å². The monoisotopic (exact) mass is 295 g/mol. The van der Waals surface area contributed by atoms with Crippen LogP contribution in [0.5, 0.6) is 0 Å². The fraction of sp³-hybridized carbons (Fsp3) is 0.308. The van der Waals surface area contributed by atoms with E-state index < -0.39 is 0 Å². The van der Waals surface area contributed by atoms with E-state index >= 15 is 0 Å². The highest BCUT2D eigenvalue weighted by Crippen LogP contribution is 2.25. The van der Waals surface area contributed by atoms with E-state index in [0.29, 0.717) is 5.92 Å². The van der Waals surface area contributed by atoms with Crippen molar-refractivity contribution in [2.45, 2.75) is 26.2 Å². The summed E-state index contributed by atoms with van der Waals surface area (Å²) in [5.41, 5.74) is 1.30. The molecule has 16 heavy (non-hydrogen) atoms. The molecule has 2 aromatic rings. The van der Waals surface area contributed by atoms with Crippen molar-refractivity contribution in [3.05, 3.63) is 50.4 Å².